The summed E-state index contributed by atoms with van der Waals surface area (Å²) >= 11 is 0. The van der Waals surface area contributed by atoms with Crippen molar-refractivity contribution in [1.29, 1.82) is 0 Å². The van der Waals surface area contributed by atoms with Crippen molar-refractivity contribution in [1.82, 2.24) is 5.32 Å². The number of methoxy groups -OCH3 is 2. The van der Waals surface area contributed by atoms with Gasteiger partial charge in [-0.3, -0.25) is 0 Å². The van der Waals surface area contributed by atoms with E-state index in [2.05, 4.69) is 11.9 Å². The first-order valence-corrected chi connectivity index (χ1v) is 6.92. The smallest absolute Gasteiger partial charge is 0.123 e. The topological polar surface area (TPSA) is 39.7 Å². The van der Waals surface area contributed by atoms with Gasteiger partial charge in [0.1, 0.15) is 11.5 Å². The van der Waals surface area contributed by atoms with E-state index in [1.807, 2.05) is 24.3 Å². The van der Waals surface area contributed by atoms with Crippen molar-refractivity contribution in [2.45, 2.75) is 12.8 Å². The van der Waals surface area contributed by atoms with E-state index in [4.69, 9.17) is 14.2 Å². The zero-order chi connectivity index (χ0) is 14.6. The number of nitrogens with one attached hydrogen (secondary N) is 1. The molecule has 0 aliphatic carbocycles. The third kappa shape index (κ3) is 6.08. The number of allylic oxidation sites excluding steroid dienone is 1. The molecule has 20 heavy (non-hydrogen) atoms. The van der Waals surface area contributed by atoms with Gasteiger partial charge < -0.3 is 19.5 Å². The van der Waals surface area contributed by atoms with E-state index in [9.17, 15) is 0 Å². The number of ether oxygens (including phenoxy) is 3. The Morgan fingerprint density at radius 3 is 2.75 bits per heavy atom. The van der Waals surface area contributed by atoms with Crippen molar-refractivity contribution in [2.24, 2.45) is 0 Å². The molecule has 0 spiro atoms. The van der Waals surface area contributed by atoms with Gasteiger partial charge in [0.2, 0.25) is 0 Å². The van der Waals surface area contributed by atoms with E-state index < -0.39 is 0 Å². The summed E-state index contributed by atoms with van der Waals surface area (Å²) in [6, 6.07) is 5.86. The molecule has 0 atom stereocenters. The summed E-state index contributed by atoms with van der Waals surface area (Å²) in [5.41, 5.74) is 1.10. The van der Waals surface area contributed by atoms with Gasteiger partial charge >= 0.3 is 0 Å². The molecule has 0 heterocycles. The molecule has 1 aromatic rings. The van der Waals surface area contributed by atoms with E-state index in [1.54, 1.807) is 14.2 Å². The van der Waals surface area contributed by atoms with Gasteiger partial charge in [-0.25, -0.2) is 0 Å². The lowest BCUT2D eigenvalue weighted by molar-refractivity contribution is 0.198. The average Bonchev–Trinajstić information content (AvgIpc) is 2.47. The summed E-state index contributed by atoms with van der Waals surface area (Å²) in [5, 5.41) is 3.29. The van der Waals surface area contributed by atoms with Crippen LogP contribution in [0.25, 0.3) is 0 Å². The van der Waals surface area contributed by atoms with Crippen molar-refractivity contribution in [3.8, 4) is 11.5 Å². The van der Waals surface area contributed by atoms with E-state index in [1.165, 1.54) is 0 Å². The molecule has 0 radical (unpaired) electrons. The maximum atomic E-state index is 5.82. The van der Waals surface area contributed by atoms with Crippen molar-refractivity contribution in [3.05, 3.63) is 36.4 Å². The van der Waals surface area contributed by atoms with E-state index in [-0.39, 0.29) is 0 Å². The number of benzene rings is 1. The predicted molar refractivity (Wildman–Crippen MR) is 81.8 cm³/mol. The summed E-state index contributed by atoms with van der Waals surface area (Å²) in [6.45, 7) is 7.01. The number of rotatable bonds is 11. The van der Waals surface area contributed by atoms with Crippen LogP contribution in [0.3, 0.4) is 0 Å². The lowest BCUT2D eigenvalue weighted by Gasteiger charge is -2.12. The predicted octanol–water partition coefficient (Wildman–Crippen LogP) is 2.43. The molecular weight excluding hydrogens is 254 g/mol. The monoisotopic (exact) mass is 279 g/mol. The fourth-order valence-electron chi connectivity index (χ4n) is 1.82. The summed E-state index contributed by atoms with van der Waals surface area (Å²) in [6.07, 6.45) is 3.61. The first kappa shape index (κ1) is 16.5. The first-order chi connectivity index (χ1) is 9.81. The number of hydrogen-bond donors (Lipinski definition) is 1. The Kier molecular flexibility index (Phi) is 8.51. The van der Waals surface area contributed by atoms with Crippen molar-refractivity contribution < 1.29 is 14.2 Å². The van der Waals surface area contributed by atoms with Crippen molar-refractivity contribution in [3.63, 3.8) is 0 Å². The Morgan fingerprint density at radius 2 is 2.05 bits per heavy atom. The van der Waals surface area contributed by atoms with Crippen LogP contribution in [-0.2, 0) is 11.2 Å². The summed E-state index contributed by atoms with van der Waals surface area (Å²) in [4.78, 5) is 0. The normalized spacial score (nSPS) is 10.3. The Balaban J connectivity index is 2.36. The molecule has 0 aliphatic heterocycles. The van der Waals surface area contributed by atoms with Gasteiger partial charge in [-0.2, -0.15) is 0 Å². The second-order valence-corrected chi connectivity index (χ2v) is 4.41. The Bertz CT molecular complexity index is 393. The minimum Gasteiger partial charge on any atom is -0.497 e. The Labute approximate surface area is 121 Å². The SMILES string of the molecule is C=CCc1cc(OC)ccc1OCCCNCCOC. The molecule has 1 N–H and O–H groups in total. The van der Waals surface area contributed by atoms with Crippen LogP contribution >= 0.6 is 0 Å². The van der Waals surface area contributed by atoms with Crippen LogP contribution in [0.4, 0.5) is 0 Å². The zero-order valence-corrected chi connectivity index (χ0v) is 12.5. The lowest BCUT2D eigenvalue weighted by atomic mass is 10.1. The third-order valence-corrected chi connectivity index (χ3v) is 2.87. The fraction of sp³-hybridized carbons (Fsp3) is 0.500. The standard InChI is InChI=1S/C16H25NO3/c1-4-6-14-13-15(19-3)7-8-16(14)20-11-5-9-17-10-12-18-2/h4,7-8,13,17H,1,5-6,9-12H2,2-3H3. The van der Waals surface area contributed by atoms with Crippen LogP contribution in [0.15, 0.2) is 30.9 Å². The van der Waals surface area contributed by atoms with Gasteiger partial charge in [-0.15, -0.1) is 6.58 Å². The molecule has 112 valence electrons. The molecule has 0 aromatic heterocycles. The molecule has 1 aromatic carbocycles. The molecule has 0 aliphatic rings. The van der Waals surface area contributed by atoms with Gasteiger partial charge in [-0.05, 0) is 37.6 Å². The summed E-state index contributed by atoms with van der Waals surface area (Å²) in [7, 11) is 3.37. The zero-order valence-electron chi connectivity index (χ0n) is 12.5. The lowest BCUT2D eigenvalue weighted by Crippen LogP contribution is -2.21. The number of hydrogen-bond acceptors (Lipinski definition) is 4. The second kappa shape index (κ2) is 10.3. The average molecular weight is 279 g/mol. The molecule has 0 saturated carbocycles. The van der Waals surface area contributed by atoms with Gasteiger partial charge in [0.25, 0.3) is 0 Å². The second-order valence-electron chi connectivity index (χ2n) is 4.41. The van der Waals surface area contributed by atoms with Crippen molar-refractivity contribution >= 4 is 0 Å². The molecule has 4 nitrogen and oxygen atoms in total. The molecule has 0 unspecified atom stereocenters. The third-order valence-electron chi connectivity index (χ3n) is 2.87. The summed E-state index contributed by atoms with van der Waals surface area (Å²) in [5.74, 6) is 1.75. The van der Waals surface area contributed by atoms with Crippen LogP contribution in [0.1, 0.15) is 12.0 Å². The molecular formula is C16H25NO3. The maximum Gasteiger partial charge on any atom is 0.123 e. The van der Waals surface area contributed by atoms with Crippen LogP contribution in [0, 0.1) is 0 Å². The quantitative estimate of drug-likeness (QED) is 0.499. The molecule has 0 fully saturated rings. The Morgan fingerprint density at radius 1 is 1.20 bits per heavy atom. The molecule has 4 heteroatoms. The van der Waals surface area contributed by atoms with Crippen LogP contribution in [0.2, 0.25) is 0 Å². The molecule has 1 rings (SSSR count). The van der Waals surface area contributed by atoms with Gasteiger partial charge in [0, 0.05) is 19.2 Å². The van der Waals surface area contributed by atoms with Crippen LogP contribution in [-0.4, -0.2) is 40.5 Å². The van der Waals surface area contributed by atoms with E-state index in [0.717, 1.165) is 49.6 Å². The van der Waals surface area contributed by atoms with Gasteiger partial charge in [-0.1, -0.05) is 6.08 Å². The Hall–Kier alpha value is -1.52. The highest BCUT2D eigenvalue weighted by Crippen LogP contribution is 2.25. The minimum absolute atomic E-state index is 0.691. The highest BCUT2D eigenvalue weighted by atomic mass is 16.5. The van der Waals surface area contributed by atoms with Crippen molar-refractivity contribution in [2.75, 3.05) is 40.5 Å². The minimum atomic E-state index is 0.691. The molecule has 0 bridgehead atoms. The largest absolute Gasteiger partial charge is 0.497 e. The van der Waals surface area contributed by atoms with E-state index in [0.29, 0.717) is 6.61 Å². The van der Waals surface area contributed by atoms with Gasteiger partial charge in [0.05, 0.1) is 20.3 Å². The fourth-order valence-corrected chi connectivity index (χ4v) is 1.82. The molecule has 0 saturated heterocycles. The van der Waals surface area contributed by atoms with Crippen LogP contribution < -0.4 is 14.8 Å². The summed E-state index contributed by atoms with van der Waals surface area (Å²) < 4.78 is 16.0. The van der Waals surface area contributed by atoms with Crippen LogP contribution in [0.5, 0.6) is 11.5 Å². The highest BCUT2D eigenvalue weighted by molar-refractivity contribution is 5.41. The van der Waals surface area contributed by atoms with E-state index >= 15 is 0 Å². The maximum absolute atomic E-state index is 5.82. The highest BCUT2D eigenvalue weighted by Gasteiger charge is 2.04. The first-order valence-electron chi connectivity index (χ1n) is 6.92. The van der Waals surface area contributed by atoms with Gasteiger partial charge in [0.15, 0.2) is 0 Å². The molecule has 0 amide bonds.